The highest BCUT2D eigenvalue weighted by molar-refractivity contribution is 7.89. The van der Waals surface area contributed by atoms with Crippen molar-refractivity contribution in [2.45, 2.75) is 31.1 Å². The normalized spacial score (nSPS) is 17.6. The van der Waals surface area contributed by atoms with Crippen LogP contribution in [0.2, 0.25) is 0 Å². The lowest BCUT2D eigenvalue weighted by Crippen LogP contribution is -2.49. The van der Waals surface area contributed by atoms with Gasteiger partial charge in [0, 0.05) is 31.1 Å². The zero-order valence-corrected chi connectivity index (χ0v) is 18.0. The van der Waals surface area contributed by atoms with Crippen molar-refractivity contribution in [3.63, 3.8) is 0 Å². The third-order valence-corrected chi connectivity index (χ3v) is 8.85. The van der Waals surface area contributed by atoms with E-state index in [1.54, 1.807) is 11.3 Å². The molecule has 3 heterocycles. The van der Waals surface area contributed by atoms with Gasteiger partial charge in [-0.15, -0.1) is 11.3 Å². The lowest BCUT2D eigenvalue weighted by atomic mass is 10.1. The first kappa shape index (κ1) is 19.8. The van der Waals surface area contributed by atoms with Gasteiger partial charge in [-0.05, 0) is 43.9 Å². The summed E-state index contributed by atoms with van der Waals surface area (Å²) in [5.41, 5.74) is 1.31. The number of halogens is 2. The van der Waals surface area contributed by atoms with Gasteiger partial charge in [0.1, 0.15) is 28.1 Å². The lowest BCUT2D eigenvalue weighted by molar-refractivity contribution is 0.378. The highest BCUT2D eigenvalue weighted by atomic mass is 32.2. The summed E-state index contributed by atoms with van der Waals surface area (Å²) in [7, 11) is -4.25. The fourth-order valence-corrected chi connectivity index (χ4v) is 7.14. The van der Waals surface area contributed by atoms with Gasteiger partial charge in [-0.2, -0.15) is 4.31 Å². The maximum atomic E-state index is 14.1. The predicted molar refractivity (Wildman–Crippen MR) is 112 cm³/mol. The average Bonchev–Trinajstić information content (AvgIpc) is 3.28. The van der Waals surface area contributed by atoms with E-state index in [2.05, 4.69) is 14.9 Å². The summed E-state index contributed by atoms with van der Waals surface area (Å²) < 4.78 is 55.0. The molecule has 0 unspecified atom stereocenters. The Hall–Kier alpha value is -2.17. The first-order valence-corrected chi connectivity index (χ1v) is 12.1. The van der Waals surface area contributed by atoms with Crippen molar-refractivity contribution < 1.29 is 17.2 Å². The topological polar surface area (TPSA) is 66.4 Å². The van der Waals surface area contributed by atoms with Crippen molar-refractivity contribution in [2.24, 2.45) is 0 Å². The number of hydrogen-bond donors (Lipinski definition) is 0. The number of hydrogen-bond acceptors (Lipinski definition) is 6. The summed E-state index contributed by atoms with van der Waals surface area (Å²) in [6, 6.07) is 3.08. The predicted octanol–water partition coefficient (Wildman–Crippen LogP) is 3.28. The van der Waals surface area contributed by atoms with E-state index in [4.69, 9.17) is 0 Å². The second-order valence-electron chi connectivity index (χ2n) is 7.57. The summed E-state index contributed by atoms with van der Waals surface area (Å²) in [6.45, 7) is 2.91. The number of nitrogens with zero attached hydrogens (tertiary/aromatic N) is 4. The number of aryl methyl sites for hydroxylation is 3. The number of aromatic nitrogens is 2. The quantitative estimate of drug-likeness (QED) is 0.613. The fraction of sp³-hybridized carbons (Fsp3) is 0.400. The van der Waals surface area contributed by atoms with Gasteiger partial charge in [0.15, 0.2) is 4.90 Å². The van der Waals surface area contributed by atoms with Crippen LogP contribution in [0.4, 0.5) is 14.6 Å². The number of thiophene rings is 1. The average molecular weight is 451 g/mol. The Bertz CT molecular complexity index is 1230. The molecular weight excluding hydrogens is 430 g/mol. The summed E-state index contributed by atoms with van der Waals surface area (Å²) >= 11 is 1.72. The van der Waals surface area contributed by atoms with E-state index in [9.17, 15) is 17.2 Å². The number of anilines is 1. The molecule has 0 atom stereocenters. The van der Waals surface area contributed by atoms with Crippen LogP contribution in [-0.4, -0.2) is 48.9 Å². The van der Waals surface area contributed by atoms with Crippen molar-refractivity contribution in [3.8, 4) is 0 Å². The van der Waals surface area contributed by atoms with Crippen LogP contribution in [0.25, 0.3) is 10.2 Å². The van der Waals surface area contributed by atoms with Gasteiger partial charge in [0.05, 0.1) is 5.39 Å². The van der Waals surface area contributed by atoms with E-state index in [-0.39, 0.29) is 13.1 Å². The molecule has 1 aliphatic carbocycles. The van der Waals surface area contributed by atoms with E-state index in [0.29, 0.717) is 18.9 Å². The molecule has 0 radical (unpaired) electrons. The monoisotopic (exact) mass is 450 g/mol. The van der Waals surface area contributed by atoms with Crippen LogP contribution in [0.3, 0.4) is 0 Å². The first-order valence-electron chi connectivity index (χ1n) is 9.84. The van der Waals surface area contributed by atoms with Gasteiger partial charge >= 0.3 is 0 Å². The van der Waals surface area contributed by atoms with Gasteiger partial charge in [-0.3, -0.25) is 0 Å². The van der Waals surface area contributed by atoms with Gasteiger partial charge < -0.3 is 4.90 Å². The molecule has 0 spiro atoms. The Kier molecular flexibility index (Phi) is 4.75. The third kappa shape index (κ3) is 3.09. The molecule has 0 N–H and O–H groups in total. The number of rotatable bonds is 3. The Morgan fingerprint density at radius 1 is 1.03 bits per heavy atom. The van der Waals surface area contributed by atoms with Crippen molar-refractivity contribution in [1.82, 2.24) is 14.3 Å². The van der Waals surface area contributed by atoms with Crippen LogP contribution in [0.15, 0.2) is 23.1 Å². The second-order valence-corrected chi connectivity index (χ2v) is 10.5. The fourth-order valence-electron chi connectivity index (χ4n) is 4.31. The summed E-state index contributed by atoms with van der Waals surface area (Å²) in [5.74, 6) is -0.620. The molecule has 3 aromatic rings. The lowest BCUT2D eigenvalue weighted by Gasteiger charge is -2.35. The minimum Gasteiger partial charge on any atom is -0.353 e. The smallest absolute Gasteiger partial charge is 0.249 e. The van der Waals surface area contributed by atoms with Crippen molar-refractivity contribution in [1.29, 1.82) is 0 Å². The zero-order chi connectivity index (χ0) is 21.0. The molecular formula is C20H20F2N4O2S2. The molecule has 0 amide bonds. The van der Waals surface area contributed by atoms with E-state index in [1.165, 1.54) is 10.4 Å². The largest absolute Gasteiger partial charge is 0.353 e. The van der Waals surface area contributed by atoms with Crippen molar-refractivity contribution in [2.75, 3.05) is 31.1 Å². The van der Waals surface area contributed by atoms with Crippen LogP contribution in [0, 0.1) is 18.6 Å². The van der Waals surface area contributed by atoms with Gasteiger partial charge in [-0.25, -0.2) is 27.2 Å². The Balaban J connectivity index is 1.45. The second kappa shape index (κ2) is 7.21. The van der Waals surface area contributed by atoms with Gasteiger partial charge in [0.2, 0.25) is 10.0 Å². The van der Waals surface area contributed by atoms with Crippen molar-refractivity contribution in [3.05, 3.63) is 46.1 Å². The molecule has 0 bridgehead atoms. The number of fused-ring (bicyclic) bond motifs is 3. The molecule has 158 valence electrons. The number of piperazine rings is 1. The molecule has 10 heteroatoms. The van der Waals surface area contributed by atoms with Crippen LogP contribution < -0.4 is 4.90 Å². The number of benzene rings is 1. The molecule has 1 fully saturated rings. The molecule has 1 saturated heterocycles. The molecule has 2 aliphatic rings. The standard InChI is InChI=1S/C20H20F2N4O2S2/c1-12-23-19(17-13-4-2-7-16(13)29-20(17)24-12)25-8-10-26(11-9-25)30(27,28)18-14(21)5-3-6-15(18)22/h3,5-6H,2,4,7-11H2,1H3. The summed E-state index contributed by atoms with van der Waals surface area (Å²) in [5, 5.41) is 1.08. The van der Waals surface area contributed by atoms with Gasteiger partial charge in [-0.1, -0.05) is 6.07 Å². The molecule has 1 aliphatic heterocycles. The minimum absolute atomic E-state index is 0.132. The molecule has 5 rings (SSSR count). The molecule has 30 heavy (non-hydrogen) atoms. The molecule has 1 aromatic carbocycles. The Labute approximate surface area is 177 Å². The minimum atomic E-state index is -4.25. The van der Waals surface area contributed by atoms with E-state index in [1.807, 2.05) is 6.92 Å². The molecule has 2 aromatic heterocycles. The summed E-state index contributed by atoms with van der Waals surface area (Å²) in [4.78, 5) is 12.8. The highest BCUT2D eigenvalue weighted by Crippen LogP contribution is 2.40. The van der Waals surface area contributed by atoms with Crippen LogP contribution in [0.1, 0.15) is 22.7 Å². The van der Waals surface area contributed by atoms with E-state index < -0.39 is 26.6 Å². The van der Waals surface area contributed by atoms with Gasteiger partial charge in [0.25, 0.3) is 0 Å². The van der Waals surface area contributed by atoms with E-state index >= 15 is 0 Å². The van der Waals surface area contributed by atoms with Crippen LogP contribution >= 0.6 is 11.3 Å². The van der Waals surface area contributed by atoms with Crippen LogP contribution in [-0.2, 0) is 22.9 Å². The Morgan fingerprint density at radius 2 is 1.73 bits per heavy atom. The molecule has 6 nitrogen and oxygen atoms in total. The highest BCUT2D eigenvalue weighted by Gasteiger charge is 2.34. The Morgan fingerprint density at radius 3 is 2.43 bits per heavy atom. The first-order chi connectivity index (χ1) is 14.4. The number of sulfonamides is 1. The maximum absolute atomic E-state index is 14.1. The third-order valence-electron chi connectivity index (χ3n) is 5.71. The maximum Gasteiger partial charge on any atom is 0.249 e. The zero-order valence-electron chi connectivity index (χ0n) is 16.4. The summed E-state index contributed by atoms with van der Waals surface area (Å²) in [6.07, 6.45) is 3.20. The molecule has 0 saturated carbocycles. The SMILES string of the molecule is Cc1nc(N2CCN(S(=O)(=O)c3c(F)cccc3F)CC2)c2c3c(sc2n1)CCC3. The van der Waals surface area contributed by atoms with E-state index in [0.717, 1.165) is 57.8 Å². The van der Waals surface area contributed by atoms with Crippen LogP contribution in [0.5, 0.6) is 0 Å². The van der Waals surface area contributed by atoms with Crippen molar-refractivity contribution >= 4 is 37.4 Å².